The number of nitrogens with two attached hydrogens (primary N) is 2. The molecule has 0 radical (unpaired) electrons. The summed E-state index contributed by atoms with van der Waals surface area (Å²) in [5, 5.41) is 22.9. The lowest BCUT2D eigenvalue weighted by Gasteiger charge is -2.05. The van der Waals surface area contributed by atoms with Gasteiger partial charge in [-0.1, -0.05) is 30.3 Å². The van der Waals surface area contributed by atoms with Crippen molar-refractivity contribution in [3.63, 3.8) is 0 Å². The highest BCUT2D eigenvalue weighted by Crippen LogP contribution is 2.11. The molecule has 0 bridgehead atoms. The van der Waals surface area contributed by atoms with Crippen molar-refractivity contribution in [3.05, 3.63) is 35.9 Å². The zero-order valence-corrected chi connectivity index (χ0v) is 15.6. The monoisotopic (exact) mass is 374 g/mol. The van der Waals surface area contributed by atoms with Gasteiger partial charge in [0, 0.05) is 12.1 Å². The maximum Gasteiger partial charge on any atom is 0.251 e. The van der Waals surface area contributed by atoms with Gasteiger partial charge in [0.1, 0.15) is 5.84 Å². The maximum absolute atomic E-state index is 11.9. The number of amides is 1. The molecule has 140 valence electrons. The molecule has 7 N–H and O–H groups in total. The van der Waals surface area contributed by atoms with Gasteiger partial charge in [0.05, 0.1) is 11.5 Å². The Labute approximate surface area is 158 Å². The highest BCUT2D eigenvalue weighted by molar-refractivity contribution is 8.26. The maximum atomic E-state index is 11.9. The minimum atomic E-state index is -0.276. The van der Waals surface area contributed by atoms with Crippen LogP contribution in [0.4, 0.5) is 0 Å². The third kappa shape index (κ3) is 10.4. The predicted octanol–water partition coefficient (Wildman–Crippen LogP) is 3.08. The van der Waals surface area contributed by atoms with E-state index in [2.05, 4.69) is 4.99 Å². The minimum Gasteiger partial charge on any atom is -0.387 e. The van der Waals surface area contributed by atoms with E-state index in [-0.39, 0.29) is 23.3 Å². The molecule has 0 saturated heterocycles. The Morgan fingerprint density at radius 1 is 0.962 bits per heavy atom. The number of unbranched alkanes of at least 4 members (excludes halogenated alkanes) is 1. The average Bonchev–Trinajstić information content (AvgIpc) is 2.57. The van der Waals surface area contributed by atoms with Crippen molar-refractivity contribution in [1.82, 2.24) is 0 Å². The van der Waals surface area contributed by atoms with Crippen LogP contribution in [0.3, 0.4) is 0 Å². The number of rotatable bonds is 10. The summed E-state index contributed by atoms with van der Waals surface area (Å²) in [4.78, 5) is 15.7. The number of carbonyl (C=O) groups excluding carboxylic acids is 1. The summed E-state index contributed by atoms with van der Waals surface area (Å²) in [6, 6.07) is 9.37. The topological polar surface area (TPSA) is 153 Å². The highest BCUT2D eigenvalue weighted by Gasteiger charge is 2.05. The fourth-order valence-corrected chi connectivity index (χ4v) is 2.75. The van der Waals surface area contributed by atoms with Crippen LogP contribution in [0.1, 0.15) is 44.1 Å². The molecule has 0 saturated carbocycles. The second-order valence-corrected chi connectivity index (χ2v) is 7.00. The van der Waals surface area contributed by atoms with Crippen LogP contribution in [0.2, 0.25) is 0 Å². The van der Waals surface area contributed by atoms with Crippen LogP contribution in [0.15, 0.2) is 35.3 Å². The first kappa shape index (κ1) is 21.6. The van der Waals surface area contributed by atoms with E-state index in [1.807, 2.05) is 30.3 Å². The molecule has 1 aromatic rings. The van der Waals surface area contributed by atoms with Gasteiger partial charge >= 0.3 is 0 Å². The molecule has 0 fully saturated rings. The van der Waals surface area contributed by atoms with E-state index in [1.54, 1.807) is 0 Å². The zero-order valence-electron chi connectivity index (χ0n) is 14.8. The van der Waals surface area contributed by atoms with Gasteiger partial charge in [0.25, 0.3) is 5.91 Å². The molecule has 0 aliphatic rings. The molecular weight excluding hydrogens is 348 g/mol. The Kier molecular flexibility index (Phi) is 9.93. The molecule has 7 nitrogen and oxygen atoms in total. The van der Waals surface area contributed by atoms with Crippen LogP contribution < -0.4 is 11.5 Å². The molecule has 0 aliphatic heterocycles. The summed E-state index contributed by atoms with van der Waals surface area (Å²) in [6.07, 6.45) is 3.87. The second kappa shape index (κ2) is 12.0. The highest BCUT2D eigenvalue weighted by atomic mass is 32.2. The van der Waals surface area contributed by atoms with Crippen LogP contribution in [0, 0.1) is 16.2 Å². The first-order valence-electron chi connectivity index (χ1n) is 8.42. The Morgan fingerprint density at radius 3 is 2.27 bits per heavy atom. The van der Waals surface area contributed by atoms with E-state index in [9.17, 15) is 4.79 Å². The lowest BCUT2D eigenvalue weighted by molar-refractivity contribution is -0.117. The van der Waals surface area contributed by atoms with Crippen molar-refractivity contribution in [3.8, 4) is 0 Å². The number of nitrogens with one attached hydrogen (secondary N) is 3. The SMILES string of the molecule is N=C(CCCCC(=N)SC(=N)N)CCC(N)=NC(=O)Cc1ccccc1. The van der Waals surface area contributed by atoms with Gasteiger partial charge in [0.2, 0.25) is 0 Å². The predicted molar refractivity (Wildman–Crippen MR) is 109 cm³/mol. The van der Waals surface area contributed by atoms with Crippen molar-refractivity contribution in [1.29, 1.82) is 16.2 Å². The third-order valence-corrected chi connectivity index (χ3v) is 4.19. The fraction of sp³-hybridized carbons (Fsp3) is 0.389. The van der Waals surface area contributed by atoms with Crippen molar-refractivity contribution >= 4 is 39.4 Å². The third-order valence-electron chi connectivity index (χ3n) is 3.51. The standard InChI is InChI=1S/C18H26N6OS/c19-14(8-4-5-9-16(21)26-18(22)23)10-11-15(20)24-17(25)12-13-6-2-1-3-7-13/h1-3,6-7,19,21H,4-5,8-12H2,(H3,22,23)(H2,20,24,25). The van der Waals surface area contributed by atoms with Gasteiger partial charge < -0.3 is 16.9 Å². The normalized spacial score (nSPS) is 11.2. The summed E-state index contributed by atoms with van der Waals surface area (Å²) in [7, 11) is 0. The summed E-state index contributed by atoms with van der Waals surface area (Å²) < 4.78 is 0. The molecule has 0 aromatic heterocycles. The van der Waals surface area contributed by atoms with Crippen molar-refractivity contribution in [2.24, 2.45) is 16.5 Å². The lowest BCUT2D eigenvalue weighted by Crippen LogP contribution is -2.16. The Morgan fingerprint density at radius 2 is 1.62 bits per heavy atom. The van der Waals surface area contributed by atoms with Crippen LogP contribution >= 0.6 is 11.8 Å². The molecule has 0 heterocycles. The molecule has 1 amide bonds. The van der Waals surface area contributed by atoms with Crippen LogP contribution in [-0.4, -0.2) is 27.7 Å². The molecule has 8 heteroatoms. The van der Waals surface area contributed by atoms with E-state index in [0.29, 0.717) is 36.4 Å². The van der Waals surface area contributed by atoms with E-state index >= 15 is 0 Å². The van der Waals surface area contributed by atoms with Gasteiger partial charge in [0.15, 0.2) is 5.17 Å². The quantitative estimate of drug-likeness (QED) is 0.242. The molecule has 0 atom stereocenters. The number of carbonyl (C=O) groups is 1. The van der Waals surface area contributed by atoms with E-state index in [4.69, 9.17) is 27.7 Å². The smallest absolute Gasteiger partial charge is 0.251 e. The van der Waals surface area contributed by atoms with Crippen molar-refractivity contribution in [2.75, 3.05) is 0 Å². The Hall–Kier alpha value is -2.48. The molecule has 26 heavy (non-hydrogen) atoms. The number of benzene rings is 1. The van der Waals surface area contributed by atoms with Gasteiger partial charge in [-0.2, -0.15) is 0 Å². The summed E-state index contributed by atoms with van der Waals surface area (Å²) >= 11 is 0.960. The average molecular weight is 375 g/mol. The van der Waals surface area contributed by atoms with Crippen molar-refractivity contribution < 1.29 is 4.79 Å². The zero-order chi connectivity index (χ0) is 19.4. The Balaban J connectivity index is 2.21. The number of hydrogen-bond acceptors (Lipinski definition) is 5. The summed E-state index contributed by atoms with van der Waals surface area (Å²) in [5.74, 6) is -0.0166. The number of aliphatic imine (C=N–C) groups is 1. The largest absolute Gasteiger partial charge is 0.387 e. The summed E-state index contributed by atoms with van der Waals surface area (Å²) in [6.45, 7) is 0. The van der Waals surface area contributed by atoms with Gasteiger partial charge in [-0.15, -0.1) is 0 Å². The first-order chi connectivity index (χ1) is 12.4. The van der Waals surface area contributed by atoms with Crippen LogP contribution in [-0.2, 0) is 11.2 Å². The van der Waals surface area contributed by atoms with Gasteiger partial charge in [-0.3, -0.25) is 15.6 Å². The Bertz CT molecular complexity index is 672. The number of thioether (sulfide) groups is 1. The lowest BCUT2D eigenvalue weighted by atomic mass is 10.1. The first-order valence-corrected chi connectivity index (χ1v) is 9.24. The summed E-state index contributed by atoms with van der Waals surface area (Å²) in [5.41, 5.74) is 12.5. The van der Waals surface area contributed by atoms with E-state index < -0.39 is 0 Å². The molecular formula is C18H26N6OS. The van der Waals surface area contributed by atoms with E-state index in [1.165, 1.54) is 0 Å². The minimum absolute atomic E-state index is 0.0701. The fourth-order valence-electron chi connectivity index (χ4n) is 2.24. The molecule has 0 aliphatic carbocycles. The molecule has 0 spiro atoms. The van der Waals surface area contributed by atoms with Gasteiger partial charge in [-0.25, -0.2) is 4.99 Å². The molecule has 0 unspecified atom stereocenters. The number of amidine groups is 2. The second-order valence-electron chi connectivity index (χ2n) is 5.86. The van der Waals surface area contributed by atoms with E-state index in [0.717, 1.165) is 30.2 Å². The van der Waals surface area contributed by atoms with Crippen molar-refractivity contribution in [2.45, 2.75) is 44.9 Å². The number of hydrogen-bond donors (Lipinski definition) is 5. The molecule has 1 rings (SSSR count). The van der Waals surface area contributed by atoms with Crippen LogP contribution in [0.5, 0.6) is 0 Å². The number of nitrogens with zero attached hydrogens (tertiary/aromatic N) is 1. The van der Waals surface area contributed by atoms with Gasteiger partial charge in [-0.05, 0) is 49.4 Å². The molecule has 1 aromatic carbocycles. The van der Waals surface area contributed by atoms with Crippen LogP contribution in [0.25, 0.3) is 0 Å².